The second-order valence-electron chi connectivity index (χ2n) is 2.27. The van der Waals surface area contributed by atoms with Gasteiger partial charge in [0.05, 0.1) is 0 Å². The van der Waals surface area contributed by atoms with Crippen molar-refractivity contribution in [3.05, 3.63) is 29.3 Å². The highest BCUT2D eigenvalue weighted by Gasteiger charge is 1.93. The third kappa shape index (κ3) is 2.80. The second kappa shape index (κ2) is 3.97. The van der Waals surface area contributed by atoms with Crippen LogP contribution < -0.4 is 10.5 Å². The van der Waals surface area contributed by atoms with Crippen molar-refractivity contribution in [2.45, 2.75) is 0 Å². The van der Waals surface area contributed by atoms with Gasteiger partial charge < -0.3 is 10.5 Å². The molecule has 64 valence electrons. The summed E-state index contributed by atoms with van der Waals surface area (Å²) in [6.45, 7) is 0.113. The lowest BCUT2D eigenvalue weighted by atomic mass is 10.3. The second-order valence-corrected chi connectivity index (χ2v) is 2.70. The molecule has 0 amide bonds. The minimum atomic E-state index is 0.00458. The van der Waals surface area contributed by atoms with Crippen molar-refractivity contribution in [2.75, 3.05) is 6.61 Å². The number of halogens is 1. The molecule has 0 bridgehead atoms. The Hall–Kier alpha value is -1.22. The molecule has 12 heavy (non-hydrogen) atoms. The molecule has 0 aliphatic rings. The Bertz CT molecular complexity index is 271. The predicted octanol–water partition coefficient (Wildman–Crippen LogP) is 1.65. The molecule has 3 nitrogen and oxygen atoms in total. The summed E-state index contributed by atoms with van der Waals surface area (Å²) < 4.78 is 5.11. The monoisotopic (exact) mass is 184 g/mol. The summed E-state index contributed by atoms with van der Waals surface area (Å²) in [5.74, 6) is 0.666. The van der Waals surface area contributed by atoms with Crippen LogP contribution in [-0.4, -0.2) is 12.4 Å². The van der Waals surface area contributed by atoms with Crippen LogP contribution in [0.3, 0.4) is 0 Å². The van der Waals surface area contributed by atoms with Gasteiger partial charge in [-0.05, 0) is 24.3 Å². The van der Waals surface area contributed by atoms with Crippen molar-refractivity contribution in [3.8, 4) is 5.75 Å². The first kappa shape index (κ1) is 8.87. The van der Waals surface area contributed by atoms with Crippen LogP contribution in [0, 0.1) is 5.41 Å². The first-order valence-electron chi connectivity index (χ1n) is 3.40. The maximum Gasteiger partial charge on any atom is 0.145 e. The van der Waals surface area contributed by atoms with Gasteiger partial charge in [-0.2, -0.15) is 0 Å². The van der Waals surface area contributed by atoms with E-state index in [-0.39, 0.29) is 12.4 Å². The normalized spacial score (nSPS) is 9.42. The number of amidine groups is 1. The molecule has 1 aromatic carbocycles. The first-order valence-corrected chi connectivity index (χ1v) is 3.77. The zero-order chi connectivity index (χ0) is 8.97. The van der Waals surface area contributed by atoms with Gasteiger partial charge in [0.25, 0.3) is 0 Å². The number of rotatable bonds is 3. The quantitative estimate of drug-likeness (QED) is 0.555. The predicted molar refractivity (Wildman–Crippen MR) is 48.9 cm³/mol. The lowest BCUT2D eigenvalue weighted by Gasteiger charge is -2.03. The maximum absolute atomic E-state index is 6.91. The Kier molecular flexibility index (Phi) is 2.94. The van der Waals surface area contributed by atoms with E-state index in [9.17, 15) is 0 Å². The van der Waals surface area contributed by atoms with E-state index in [4.69, 9.17) is 27.5 Å². The van der Waals surface area contributed by atoms with Crippen LogP contribution in [-0.2, 0) is 0 Å². The summed E-state index contributed by atoms with van der Waals surface area (Å²) in [6, 6.07) is 6.89. The molecule has 0 aliphatic carbocycles. The highest BCUT2D eigenvalue weighted by molar-refractivity contribution is 6.30. The van der Waals surface area contributed by atoms with Gasteiger partial charge in [0, 0.05) is 5.02 Å². The van der Waals surface area contributed by atoms with Crippen LogP contribution in [0.4, 0.5) is 0 Å². The van der Waals surface area contributed by atoms with Gasteiger partial charge in [-0.25, -0.2) is 0 Å². The van der Waals surface area contributed by atoms with Crippen LogP contribution in [0.5, 0.6) is 5.75 Å². The van der Waals surface area contributed by atoms with Gasteiger partial charge in [0.2, 0.25) is 0 Å². The molecule has 0 radical (unpaired) electrons. The van der Waals surface area contributed by atoms with Crippen molar-refractivity contribution >= 4 is 17.4 Å². The Labute approximate surface area is 75.6 Å². The zero-order valence-corrected chi connectivity index (χ0v) is 7.14. The topological polar surface area (TPSA) is 59.1 Å². The van der Waals surface area contributed by atoms with E-state index >= 15 is 0 Å². The molecule has 0 spiro atoms. The number of nitrogens with one attached hydrogen (secondary N) is 1. The highest BCUT2D eigenvalue weighted by atomic mass is 35.5. The number of hydrogen-bond acceptors (Lipinski definition) is 2. The van der Waals surface area contributed by atoms with E-state index in [2.05, 4.69) is 0 Å². The molecular formula is C8H9ClN2O. The molecule has 3 N–H and O–H groups in total. The number of benzene rings is 1. The van der Waals surface area contributed by atoms with E-state index < -0.39 is 0 Å². The Balaban J connectivity index is 2.53. The minimum absolute atomic E-state index is 0.00458. The lowest BCUT2D eigenvalue weighted by Crippen LogP contribution is -2.19. The van der Waals surface area contributed by atoms with Crippen molar-refractivity contribution in [1.82, 2.24) is 0 Å². The fourth-order valence-corrected chi connectivity index (χ4v) is 0.818. The van der Waals surface area contributed by atoms with E-state index in [0.29, 0.717) is 10.8 Å². The van der Waals surface area contributed by atoms with Gasteiger partial charge in [0.15, 0.2) is 0 Å². The fourth-order valence-electron chi connectivity index (χ4n) is 0.692. The van der Waals surface area contributed by atoms with Gasteiger partial charge >= 0.3 is 0 Å². The van der Waals surface area contributed by atoms with Gasteiger partial charge in [0.1, 0.15) is 18.2 Å². The van der Waals surface area contributed by atoms with Crippen molar-refractivity contribution in [1.29, 1.82) is 5.41 Å². The van der Waals surface area contributed by atoms with E-state index in [1.807, 2.05) is 0 Å². The summed E-state index contributed by atoms with van der Waals surface area (Å²) in [7, 11) is 0. The standard InChI is InChI=1S/C8H9ClN2O/c9-6-1-3-7(4-2-6)12-5-8(10)11/h1-4H,5H2,(H3,10,11). The molecule has 0 saturated heterocycles. The van der Waals surface area contributed by atoms with Crippen molar-refractivity contribution in [2.24, 2.45) is 5.73 Å². The molecule has 0 aliphatic heterocycles. The lowest BCUT2D eigenvalue weighted by molar-refractivity contribution is 0.374. The maximum atomic E-state index is 6.91. The number of hydrogen-bond donors (Lipinski definition) is 2. The Morgan fingerprint density at radius 2 is 2.00 bits per heavy atom. The summed E-state index contributed by atoms with van der Waals surface area (Å²) in [5.41, 5.74) is 5.10. The van der Waals surface area contributed by atoms with Crippen LogP contribution in [0.1, 0.15) is 0 Å². The molecule has 0 unspecified atom stereocenters. The van der Waals surface area contributed by atoms with Crippen LogP contribution in [0.2, 0.25) is 5.02 Å². The minimum Gasteiger partial charge on any atom is -0.486 e. The number of nitrogens with two attached hydrogens (primary N) is 1. The first-order chi connectivity index (χ1) is 5.68. The van der Waals surface area contributed by atoms with Crippen LogP contribution in [0.25, 0.3) is 0 Å². The highest BCUT2D eigenvalue weighted by Crippen LogP contribution is 2.14. The Morgan fingerprint density at radius 1 is 1.42 bits per heavy atom. The third-order valence-corrected chi connectivity index (χ3v) is 1.46. The summed E-state index contributed by atoms with van der Waals surface area (Å²) in [5, 5.41) is 7.57. The van der Waals surface area contributed by atoms with Crippen LogP contribution in [0.15, 0.2) is 24.3 Å². The molecule has 0 heterocycles. The molecule has 0 atom stereocenters. The fraction of sp³-hybridized carbons (Fsp3) is 0.125. The zero-order valence-electron chi connectivity index (χ0n) is 6.38. The molecule has 0 fully saturated rings. The van der Waals surface area contributed by atoms with Gasteiger partial charge in [-0.15, -0.1) is 0 Å². The number of ether oxygens (including phenoxy) is 1. The van der Waals surface area contributed by atoms with E-state index in [1.54, 1.807) is 24.3 Å². The summed E-state index contributed by atoms with van der Waals surface area (Å²) in [6.07, 6.45) is 0. The van der Waals surface area contributed by atoms with Crippen molar-refractivity contribution < 1.29 is 4.74 Å². The van der Waals surface area contributed by atoms with Crippen molar-refractivity contribution in [3.63, 3.8) is 0 Å². The molecule has 1 aromatic rings. The molecule has 4 heteroatoms. The summed E-state index contributed by atoms with van der Waals surface area (Å²) in [4.78, 5) is 0. The molecule has 1 rings (SSSR count). The summed E-state index contributed by atoms with van der Waals surface area (Å²) >= 11 is 5.65. The average molecular weight is 185 g/mol. The van der Waals surface area contributed by atoms with E-state index in [0.717, 1.165) is 0 Å². The molecule has 0 aromatic heterocycles. The van der Waals surface area contributed by atoms with E-state index in [1.165, 1.54) is 0 Å². The average Bonchev–Trinajstić information content (AvgIpc) is 2.03. The Morgan fingerprint density at radius 3 is 2.50 bits per heavy atom. The van der Waals surface area contributed by atoms with Crippen LogP contribution >= 0.6 is 11.6 Å². The molecule has 0 saturated carbocycles. The third-order valence-electron chi connectivity index (χ3n) is 1.21. The van der Waals surface area contributed by atoms with Gasteiger partial charge in [-0.1, -0.05) is 11.6 Å². The molecular weight excluding hydrogens is 176 g/mol. The largest absolute Gasteiger partial charge is 0.486 e. The smallest absolute Gasteiger partial charge is 0.145 e. The SMILES string of the molecule is N=C(N)COc1ccc(Cl)cc1. The van der Waals surface area contributed by atoms with Gasteiger partial charge in [-0.3, -0.25) is 5.41 Å².